The van der Waals surface area contributed by atoms with Crippen LogP contribution in [0.1, 0.15) is 284 Å². The molecule has 0 aromatic heterocycles. The molecule has 0 aromatic carbocycles. The zero-order valence-corrected chi connectivity index (χ0v) is 50.7. The second kappa shape index (κ2) is 55.6. The predicted molar refractivity (Wildman–Crippen MR) is 329 cm³/mol. The highest BCUT2D eigenvalue weighted by atomic mass is 16.7. The first-order valence-corrected chi connectivity index (χ1v) is 32.7. The molecule has 0 bridgehead atoms. The van der Waals surface area contributed by atoms with E-state index in [0.29, 0.717) is 12.8 Å². The Hall–Kier alpha value is -2.90. The molecule has 79 heavy (non-hydrogen) atoms. The van der Waals surface area contributed by atoms with Crippen molar-refractivity contribution in [1.29, 1.82) is 0 Å². The summed E-state index contributed by atoms with van der Waals surface area (Å²) in [5.41, 5.74) is 0. The highest BCUT2D eigenvalue weighted by Gasteiger charge is 2.47. The van der Waals surface area contributed by atoms with E-state index in [9.17, 15) is 35.1 Å². The van der Waals surface area contributed by atoms with Gasteiger partial charge < -0.3 is 45.1 Å². The zero-order valence-electron chi connectivity index (χ0n) is 50.7. The van der Waals surface area contributed by atoms with Gasteiger partial charge in [-0.25, -0.2) is 0 Å². The van der Waals surface area contributed by atoms with Crippen LogP contribution in [0.25, 0.3) is 0 Å². The maximum Gasteiger partial charge on any atom is 0.306 e. The minimum absolute atomic E-state index is 0.124. The van der Waals surface area contributed by atoms with Gasteiger partial charge in [-0.1, -0.05) is 280 Å². The number of carbonyl (C=O) groups excluding carboxylic acids is 2. The largest absolute Gasteiger partial charge is 0.454 e. The van der Waals surface area contributed by atoms with Crippen LogP contribution in [-0.4, -0.2) is 99.6 Å². The van der Waals surface area contributed by atoms with Crippen LogP contribution in [0.3, 0.4) is 0 Å². The topological polar surface area (TPSA) is 175 Å². The van der Waals surface area contributed by atoms with Gasteiger partial charge in [-0.15, -0.1) is 0 Å². The molecule has 11 heteroatoms. The smallest absolute Gasteiger partial charge is 0.306 e. The average Bonchev–Trinajstić information content (AvgIpc) is 3.45. The molecule has 0 aliphatic carbocycles. The van der Waals surface area contributed by atoms with Gasteiger partial charge in [0.25, 0.3) is 0 Å². The van der Waals surface area contributed by atoms with Gasteiger partial charge in [-0.2, -0.15) is 0 Å². The summed E-state index contributed by atoms with van der Waals surface area (Å²) in [5.74, 6) is -1.20. The molecule has 1 amide bonds. The fourth-order valence-electron chi connectivity index (χ4n) is 9.97. The van der Waals surface area contributed by atoms with E-state index >= 15 is 0 Å². The maximum atomic E-state index is 13.4. The van der Waals surface area contributed by atoms with Crippen molar-refractivity contribution in [2.45, 2.75) is 333 Å². The standard InChI is InChI=1S/C68H121NO10/c1-4-7-10-13-16-19-22-24-26-28-29-30-31-32-34-35-37-40-43-46-49-52-55-61(72)67(76)69-59(60(71)54-51-48-45-42-39-21-18-15-12-9-6-3)58-77-68-66(65(75)64(74)62(57-70)78-68)79-63(73)56-53-50-47-44-41-38-36-33-27-25-23-20-17-14-11-8-5-2/h7,10,16,19,24,26,29-30,32,34,51,54,59-62,64-66,68,70-72,74-75H,4-6,8-9,11-15,17-18,20-23,25,27-28,31,33,35-50,52-53,55-58H2,1-3H3,(H,69,76)/b10-7-,19-16-,26-24-,30-29-,34-32-,54-51+. The molecule has 0 spiro atoms. The van der Waals surface area contributed by atoms with Crippen molar-refractivity contribution >= 4 is 11.9 Å². The van der Waals surface area contributed by atoms with Crippen molar-refractivity contribution in [3.63, 3.8) is 0 Å². The fourth-order valence-corrected chi connectivity index (χ4v) is 9.97. The molecule has 1 aliphatic heterocycles. The van der Waals surface area contributed by atoms with E-state index < -0.39 is 67.4 Å². The number of unbranched alkanes of at least 4 members (excludes halogenated alkanes) is 31. The minimum atomic E-state index is -1.62. The highest BCUT2D eigenvalue weighted by Crippen LogP contribution is 2.26. The molecule has 0 radical (unpaired) electrons. The average molecular weight is 1110 g/mol. The summed E-state index contributed by atoms with van der Waals surface area (Å²) in [7, 11) is 0. The molecule has 8 unspecified atom stereocenters. The lowest BCUT2D eigenvalue weighted by molar-refractivity contribution is -0.305. The Bertz CT molecular complexity index is 1560. The Morgan fingerprint density at radius 2 is 0.911 bits per heavy atom. The van der Waals surface area contributed by atoms with E-state index in [2.05, 4.69) is 86.8 Å². The first-order chi connectivity index (χ1) is 38.7. The lowest BCUT2D eigenvalue weighted by Crippen LogP contribution is -2.61. The van der Waals surface area contributed by atoms with E-state index in [0.717, 1.165) is 109 Å². The molecule has 1 saturated heterocycles. The summed E-state index contributed by atoms with van der Waals surface area (Å²) in [5, 5.41) is 57.0. The van der Waals surface area contributed by atoms with Crippen LogP contribution in [-0.2, 0) is 23.8 Å². The van der Waals surface area contributed by atoms with E-state index in [1.165, 1.54) is 128 Å². The van der Waals surface area contributed by atoms with Gasteiger partial charge in [0.1, 0.15) is 24.4 Å². The summed E-state index contributed by atoms with van der Waals surface area (Å²) in [4.78, 5) is 26.6. The van der Waals surface area contributed by atoms with Crippen LogP contribution in [0.2, 0.25) is 0 Å². The number of nitrogens with one attached hydrogen (secondary N) is 1. The molecule has 11 nitrogen and oxygen atoms in total. The van der Waals surface area contributed by atoms with Gasteiger partial charge in [0.15, 0.2) is 12.4 Å². The number of aliphatic hydroxyl groups is 5. The van der Waals surface area contributed by atoms with Crippen LogP contribution < -0.4 is 5.32 Å². The van der Waals surface area contributed by atoms with E-state index in [1.54, 1.807) is 6.08 Å². The second-order valence-electron chi connectivity index (χ2n) is 22.5. The van der Waals surface area contributed by atoms with Gasteiger partial charge in [0.05, 0.1) is 25.4 Å². The number of amides is 1. The Morgan fingerprint density at radius 3 is 1.37 bits per heavy atom. The van der Waals surface area contributed by atoms with E-state index in [-0.39, 0.29) is 19.4 Å². The molecule has 458 valence electrons. The van der Waals surface area contributed by atoms with Crippen molar-refractivity contribution in [3.8, 4) is 0 Å². The fraction of sp³-hybridized carbons (Fsp3) is 0.794. The third-order valence-electron chi connectivity index (χ3n) is 15.1. The quantitative estimate of drug-likeness (QED) is 0.0195. The maximum absolute atomic E-state index is 13.4. The number of hydrogen-bond acceptors (Lipinski definition) is 10. The molecule has 0 aromatic rings. The number of carbonyl (C=O) groups is 2. The number of aliphatic hydroxyl groups excluding tert-OH is 5. The van der Waals surface area contributed by atoms with Crippen LogP contribution in [0.15, 0.2) is 72.9 Å². The number of rotatable bonds is 55. The molecule has 1 aliphatic rings. The van der Waals surface area contributed by atoms with Gasteiger partial charge >= 0.3 is 5.97 Å². The van der Waals surface area contributed by atoms with E-state index in [1.807, 2.05) is 6.08 Å². The number of ether oxygens (including phenoxy) is 3. The van der Waals surface area contributed by atoms with Gasteiger partial charge in [-0.3, -0.25) is 9.59 Å². The Labute approximate surface area is 483 Å². The van der Waals surface area contributed by atoms with Crippen molar-refractivity contribution in [2.24, 2.45) is 0 Å². The highest BCUT2D eigenvalue weighted by molar-refractivity contribution is 5.80. The van der Waals surface area contributed by atoms with Crippen molar-refractivity contribution in [3.05, 3.63) is 72.9 Å². The number of esters is 1. The minimum Gasteiger partial charge on any atom is -0.454 e. The monoisotopic (exact) mass is 1110 g/mol. The van der Waals surface area contributed by atoms with Crippen molar-refractivity contribution in [1.82, 2.24) is 5.32 Å². The van der Waals surface area contributed by atoms with Gasteiger partial charge in [0.2, 0.25) is 5.91 Å². The number of hydrogen-bond donors (Lipinski definition) is 6. The first kappa shape index (κ1) is 74.1. The third kappa shape index (κ3) is 43.5. The molecule has 0 saturated carbocycles. The summed E-state index contributed by atoms with van der Waals surface area (Å²) in [6, 6.07) is -1.03. The molecule has 1 fully saturated rings. The molecule has 1 rings (SSSR count). The van der Waals surface area contributed by atoms with Crippen LogP contribution in [0, 0.1) is 0 Å². The Morgan fingerprint density at radius 1 is 0.506 bits per heavy atom. The second-order valence-corrected chi connectivity index (χ2v) is 22.5. The predicted octanol–water partition coefficient (Wildman–Crippen LogP) is 16.0. The van der Waals surface area contributed by atoms with Crippen molar-refractivity contribution in [2.75, 3.05) is 13.2 Å². The van der Waals surface area contributed by atoms with Crippen molar-refractivity contribution < 1.29 is 49.3 Å². The normalized spacial score (nSPS) is 19.3. The summed E-state index contributed by atoms with van der Waals surface area (Å²) in [6.45, 7) is 5.68. The SMILES string of the molecule is CC/C=C\C/C=C\C/C=C\C/C=C\C/C=C\CCCCCCCCC(O)C(=O)NC(COC1OC(CO)C(O)C(O)C1OC(=O)CCCCCCCCCCCCCCCCCCC)C(O)/C=C/CCCCCCCCCCC. The third-order valence-corrected chi connectivity index (χ3v) is 15.1. The first-order valence-electron chi connectivity index (χ1n) is 32.7. The van der Waals surface area contributed by atoms with Crippen LogP contribution >= 0.6 is 0 Å². The van der Waals surface area contributed by atoms with Gasteiger partial charge in [-0.05, 0) is 70.6 Å². The summed E-state index contributed by atoms with van der Waals surface area (Å²) < 4.78 is 17.6. The summed E-state index contributed by atoms with van der Waals surface area (Å²) in [6.07, 6.45) is 60.8. The molecular weight excluding hydrogens is 991 g/mol. The molecular formula is C68H121NO10. The lowest BCUT2D eigenvalue weighted by Gasteiger charge is -2.41. The lowest BCUT2D eigenvalue weighted by atomic mass is 9.99. The number of allylic oxidation sites excluding steroid dienone is 11. The van der Waals surface area contributed by atoms with E-state index in [4.69, 9.17) is 14.2 Å². The zero-order chi connectivity index (χ0) is 57.5. The van der Waals surface area contributed by atoms with Crippen LogP contribution in [0.4, 0.5) is 0 Å². The van der Waals surface area contributed by atoms with Gasteiger partial charge in [0, 0.05) is 6.42 Å². The summed E-state index contributed by atoms with van der Waals surface area (Å²) >= 11 is 0. The molecule has 1 heterocycles. The molecule has 6 N–H and O–H groups in total. The van der Waals surface area contributed by atoms with Crippen LogP contribution in [0.5, 0.6) is 0 Å². The molecule has 8 atom stereocenters. The Balaban J connectivity index is 2.63. The Kier molecular flexibility index (Phi) is 52.2.